The topological polar surface area (TPSA) is 21.3 Å². The predicted octanol–water partition coefficient (Wildman–Crippen LogP) is 4.35. The summed E-state index contributed by atoms with van der Waals surface area (Å²) in [6, 6.07) is 0. The minimum absolute atomic E-state index is 0.340. The van der Waals surface area contributed by atoms with Crippen molar-refractivity contribution in [2.75, 3.05) is 26.3 Å². The van der Waals surface area contributed by atoms with E-state index >= 15 is 0 Å². The smallest absolute Gasteiger partial charge is 0.0471 e. The fourth-order valence-corrected chi connectivity index (χ4v) is 1.95. The largest absolute Gasteiger partial charge is 0.381 e. The Morgan fingerprint density at radius 3 is 2.05 bits per heavy atom. The van der Waals surface area contributed by atoms with Crippen molar-refractivity contribution in [3.63, 3.8) is 0 Å². The maximum absolute atomic E-state index is 5.79. The zero-order valence-corrected chi connectivity index (χ0v) is 14.4. The molecule has 1 atom stereocenters. The lowest BCUT2D eigenvalue weighted by atomic mass is 9.76. The summed E-state index contributed by atoms with van der Waals surface area (Å²) >= 11 is 0. The molecule has 0 amide bonds. The molecule has 2 heteroatoms. The summed E-state index contributed by atoms with van der Waals surface area (Å²) in [6.45, 7) is 20.1. The van der Waals surface area contributed by atoms with Gasteiger partial charge in [-0.1, -0.05) is 48.5 Å². The average Bonchev–Trinajstić information content (AvgIpc) is 2.27. The van der Waals surface area contributed by atoms with Crippen LogP contribution < -0.4 is 5.32 Å². The third-order valence-corrected chi connectivity index (χ3v) is 4.13. The van der Waals surface area contributed by atoms with Gasteiger partial charge in [-0.25, -0.2) is 0 Å². The number of hydrogen-bond acceptors (Lipinski definition) is 2. The van der Waals surface area contributed by atoms with Gasteiger partial charge in [-0.15, -0.1) is 0 Å². The van der Waals surface area contributed by atoms with Gasteiger partial charge in [-0.3, -0.25) is 0 Å². The summed E-state index contributed by atoms with van der Waals surface area (Å²) in [5.74, 6) is 2.14. The van der Waals surface area contributed by atoms with Crippen LogP contribution in [-0.4, -0.2) is 26.3 Å². The minimum atomic E-state index is 0.340. The monoisotopic (exact) mass is 271 g/mol. The molecule has 0 aliphatic rings. The molecule has 0 heterocycles. The first-order chi connectivity index (χ1) is 8.78. The van der Waals surface area contributed by atoms with Gasteiger partial charge in [0.2, 0.25) is 0 Å². The molecule has 1 N–H and O–H groups in total. The highest BCUT2D eigenvalue weighted by Gasteiger charge is 2.27. The second-order valence-electron chi connectivity index (χ2n) is 7.38. The van der Waals surface area contributed by atoms with Crippen LogP contribution in [0.4, 0.5) is 0 Å². The van der Waals surface area contributed by atoms with Crippen LogP contribution in [0.15, 0.2) is 0 Å². The van der Waals surface area contributed by atoms with E-state index in [-0.39, 0.29) is 0 Å². The molecule has 0 aliphatic carbocycles. The van der Waals surface area contributed by atoms with Crippen LogP contribution in [-0.2, 0) is 4.74 Å². The number of hydrogen-bond donors (Lipinski definition) is 1. The van der Waals surface area contributed by atoms with Crippen LogP contribution in [0.2, 0.25) is 0 Å². The predicted molar refractivity (Wildman–Crippen MR) is 85.5 cm³/mol. The van der Waals surface area contributed by atoms with E-state index in [1.54, 1.807) is 0 Å². The van der Waals surface area contributed by atoms with Crippen molar-refractivity contribution in [2.45, 2.75) is 61.3 Å². The van der Waals surface area contributed by atoms with E-state index in [9.17, 15) is 0 Å². The van der Waals surface area contributed by atoms with Crippen LogP contribution in [0.3, 0.4) is 0 Å². The lowest BCUT2D eigenvalue weighted by Crippen LogP contribution is -2.38. The number of nitrogens with one attached hydrogen (secondary N) is 1. The number of rotatable bonds is 11. The lowest BCUT2D eigenvalue weighted by Gasteiger charge is -2.34. The van der Waals surface area contributed by atoms with Gasteiger partial charge in [-0.05, 0) is 42.6 Å². The summed E-state index contributed by atoms with van der Waals surface area (Å²) in [4.78, 5) is 0. The second-order valence-corrected chi connectivity index (χ2v) is 7.38. The minimum Gasteiger partial charge on any atom is -0.381 e. The van der Waals surface area contributed by atoms with E-state index in [4.69, 9.17) is 4.74 Å². The van der Waals surface area contributed by atoms with Crippen LogP contribution in [0, 0.1) is 23.2 Å². The van der Waals surface area contributed by atoms with Crippen molar-refractivity contribution in [1.29, 1.82) is 0 Å². The molecule has 2 nitrogen and oxygen atoms in total. The Bertz CT molecular complexity index is 213. The van der Waals surface area contributed by atoms with E-state index in [1.807, 2.05) is 0 Å². The van der Waals surface area contributed by atoms with Crippen LogP contribution in [0.5, 0.6) is 0 Å². The summed E-state index contributed by atoms with van der Waals surface area (Å²) in [5.41, 5.74) is 0.340. The Kier molecular flexibility index (Phi) is 9.72. The average molecular weight is 271 g/mol. The third-order valence-electron chi connectivity index (χ3n) is 4.13. The molecule has 1 unspecified atom stereocenters. The van der Waals surface area contributed by atoms with Gasteiger partial charge in [0, 0.05) is 19.8 Å². The first kappa shape index (κ1) is 18.9. The summed E-state index contributed by atoms with van der Waals surface area (Å²) in [7, 11) is 0. The lowest BCUT2D eigenvalue weighted by molar-refractivity contribution is 0.0732. The summed E-state index contributed by atoms with van der Waals surface area (Å²) in [6.07, 6.45) is 2.32. The van der Waals surface area contributed by atoms with Crippen molar-refractivity contribution < 1.29 is 4.74 Å². The molecule has 116 valence electrons. The number of ether oxygens (including phenoxy) is 1. The molecule has 0 aromatic rings. The van der Waals surface area contributed by atoms with E-state index in [1.165, 1.54) is 6.42 Å². The zero-order valence-electron chi connectivity index (χ0n) is 14.4. The molecule has 0 saturated heterocycles. The third kappa shape index (κ3) is 9.45. The molecular formula is C17H37NO. The molecule has 0 aromatic carbocycles. The fourth-order valence-electron chi connectivity index (χ4n) is 1.95. The molecular weight excluding hydrogens is 234 g/mol. The first-order valence-electron chi connectivity index (χ1n) is 8.06. The van der Waals surface area contributed by atoms with E-state index in [0.717, 1.165) is 44.6 Å². The second kappa shape index (κ2) is 9.77. The Balaban J connectivity index is 3.95. The highest BCUT2D eigenvalue weighted by Crippen LogP contribution is 2.30. The molecule has 0 aliphatic heterocycles. The van der Waals surface area contributed by atoms with Crippen molar-refractivity contribution >= 4 is 0 Å². The molecule has 0 fully saturated rings. The van der Waals surface area contributed by atoms with Crippen LogP contribution >= 0.6 is 0 Å². The normalized spacial score (nSPS) is 15.5. The van der Waals surface area contributed by atoms with Gasteiger partial charge in [0.05, 0.1) is 0 Å². The Morgan fingerprint density at radius 1 is 0.947 bits per heavy atom. The van der Waals surface area contributed by atoms with Gasteiger partial charge >= 0.3 is 0 Å². The van der Waals surface area contributed by atoms with E-state index < -0.39 is 0 Å². The molecule has 0 radical (unpaired) electrons. The van der Waals surface area contributed by atoms with Crippen molar-refractivity contribution in [3.05, 3.63) is 0 Å². The first-order valence-corrected chi connectivity index (χ1v) is 8.06. The summed E-state index contributed by atoms with van der Waals surface area (Å²) < 4.78 is 5.79. The molecule has 19 heavy (non-hydrogen) atoms. The van der Waals surface area contributed by atoms with E-state index in [2.05, 4.69) is 53.8 Å². The van der Waals surface area contributed by atoms with Crippen molar-refractivity contribution in [3.8, 4) is 0 Å². The fraction of sp³-hybridized carbons (Fsp3) is 1.00. The van der Waals surface area contributed by atoms with Crippen LogP contribution in [0.25, 0.3) is 0 Å². The molecule has 0 rings (SSSR count). The van der Waals surface area contributed by atoms with Crippen molar-refractivity contribution in [2.24, 2.45) is 23.2 Å². The molecule has 0 spiro atoms. The maximum Gasteiger partial charge on any atom is 0.0471 e. The maximum atomic E-state index is 5.79. The van der Waals surface area contributed by atoms with Crippen LogP contribution in [0.1, 0.15) is 61.3 Å². The van der Waals surface area contributed by atoms with E-state index in [0.29, 0.717) is 11.3 Å². The Hall–Kier alpha value is -0.0800. The Labute approximate surface area is 121 Å². The summed E-state index contributed by atoms with van der Waals surface area (Å²) in [5, 5.41) is 3.61. The standard InChI is InChI=1S/C17H37NO/c1-14(2)8-10-19-11-9-17(7,16(5)6)13-18-12-15(3)4/h14-16,18H,8-13H2,1-7H3. The van der Waals surface area contributed by atoms with Crippen molar-refractivity contribution in [1.82, 2.24) is 5.32 Å². The Morgan fingerprint density at radius 2 is 1.58 bits per heavy atom. The highest BCUT2D eigenvalue weighted by atomic mass is 16.5. The zero-order chi connectivity index (χ0) is 14.9. The van der Waals surface area contributed by atoms with Gasteiger partial charge < -0.3 is 10.1 Å². The molecule has 0 aromatic heterocycles. The molecule has 0 saturated carbocycles. The van der Waals surface area contributed by atoms with Gasteiger partial charge in [0.25, 0.3) is 0 Å². The van der Waals surface area contributed by atoms with Gasteiger partial charge in [0.15, 0.2) is 0 Å². The van der Waals surface area contributed by atoms with Gasteiger partial charge in [0.1, 0.15) is 0 Å². The highest BCUT2D eigenvalue weighted by molar-refractivity contribution is 4.80. The van der Waals surface area contributed by atoms with Gasteiger partial charge in [-0.2, -0.15) is 0 Å². The SMILES string of the molecule is CC(C)CCOCCC(C)(CNCC(C)C)C(C)C. The quantitative estimate of drug-likeness (QED) is 0.564. The molecule has 0 bridgehead atoms.